The molecule has 1 N–H and O–H groups in total. The number of carbonyl (C=O) groups is 2. The van der Waals surface area contributed by atoms with Crippen molar-refractivity contribution in [3.63, 3.8) is 0 Å². The Morgan fingerprint density at radius 1 is 0.900 bits per heavy atom. The molecule has 0 heterocycles. The van der Waals surface area contributed by atoms with Crippen molar-refractivity contribution in [3.05, 3.63) is 93.5 Å². The van der Waals surface area contributed by atoms with E-state index in [1.54, 1.807) is 43.3 Å². The fourth-order valence-electron chi connectivity index (χ4n) is 3.99. The molecule has 0 radical (unpaired) electrons. The van der Waals surface area contributed by atoms with Crippen LogP contribution in [0.5, 0.6) is 0 Å². The van der Waals surface area contributed by atoms with E-state index in [2.05, 4.69) is 5.32 Å². The summed E-state index contributed by atoms with van der Waals surface area (Å²) in [4.78, 5) is 28.4. The van der Waals surface area contributed by atoms with Gasteiger partial charge in [-0.15, -0.1) is 0 Å². The maximum atomic E-state index is 14.0. The van der Waals surface area contributed by atoms with Crippen LogP contribution < -0.4 is 9.62 Å². The first-order valence-corrected chi connectivity index (χ1v) is 15.2. The molecular weight excluding hydrogens is 569 g/mol. The number of nitrogens with zero attached hydrogens (tertiary/aromatic N) is 2. The lowest BCUT2D eigenvalue weighted by Gasteiger charge is -2.32. The number of rotatable bonds is 11. The van der Waals surface area contributed by atoms with Crippen molar-refractivity contribution < 1.29 is 18.0 Å². The van der Waals surface area contributed by atoms with Gasteiger partial charge in [-0.25, -0.2) is 8.42 Å². The molecule has 1 atom stereocenters. The Morgan fingerprint density at radius 2 is 1.55 bits per heavy atom. The lowest BCUT2D eigenvalue weighted by molar-refractivity contribution is -0.139. The third-order valence-corrected chi connectivity index (χ3v) is 9.02. The molecule has 0 aromatic heterocycles. The predicted octanol–water partition coefficient (Wildman–Crippen LogP) is 6.00. The second kappa shape index (κ2) is 13.5. The van der Waals surface area contributed by atoms with Crippen molar-refractivity contribution in [1.82, 2.24) is 10.2 Å². The summed E-state index contributed by atoms with van der Waals surface area (Å²) in [5.74, 6) is -0.677. The van der Waals surface area contributed by atoms with E-state index in [9.17, 15) is 18.0 Å². The van der Waals surface area contributed by atoms with E-state index in [0.29, 0.717) is 27.8 Å². The molecule has 40 heavy (non-hydrogen) atoms. The molecule has 3 aromatic rings. The maximum absolute atomic E-state index is 14.0. The van der Waals surface area contributed by atoms with Crippen LogP contribution in [-0.2, 0) is 26.2 Å². The molecule has 0 unspecified atom stereocenters. The van der Waals surface area contributed by atoms with Gasteiger partial charge >= 0.3 is 0 Å². The Bertz CT molecular complexity index is 1460. The van der Waals surface area contributed by atoms with E-state index in [1.807, 2.05) is 33.8 Å². The molecule has 0 saturated carbocycles. The Morgan fingerprint density at radius 3 is 2.15 bits per heavy atom. The highest BCUT2D eigenvalue weighted by Gasteiger charge is 2.33. The van der Waals surface area contributed by atoms with Gasteiger partial charge in [0.25, 0.3) is 10.0 Å². The smallest absolute Gasteiger partial charge is 0.264 e. The van der Waals surface area contributed by atoms with Crippen molar-refractivity contribution in [1.29, 1.82) is 0 Å². The van der Waals surface area contributed by atoms with Crippen molar-refractivity contribution in [3.8, 4) is 0 Å². The summed E-state index contributed by atoms with van der Waals surface area (Å²) in [7, 11) is -4.18. The van der Waals surface area contributed by atoms with E-state index < -0.39 is 28.5 Å². The number of nitrogens with one attached hydrogen (secondary N) is 1. The van der Waals surface area contributed by atoms with Crippen LogP contribution in [0, 0.1) is 19.8 Å². The Labute approximate surface area is 247 Å². The largest absolute Gasteiger partial charge is 0.354 e. The molecular formula is C30H35Cl2N3O4S. The molecule has 0 aliphatic carbocycles. The summed E-state index contributed by atoms with van der Waals surface area (Å²) >= 11 is 12.4. The fourth-order valence-corrected chi connectivity index (χ4v) is 5.72. The zero-order valence-corrected chi connectivity index (χ0v) is 25.6. The quantitative estimate of drug-likeness (QED) is 0.291. The molecule has 2 amide bonds. The SMILES string of the molecule is Cc1ccc(N(CC(=O)N(Cc2ccccc2Cl)[C@H](C)C(=O)NCC(C)C)S(=O)(=O)c2ccc(Cl)cc2)cc1C. The lowest BCUT2D eigenvalue weighted by atomic mass is 10.1. The van der Waals surface area contributed by atoms with Crippen LogP contribution in [0.4, 0.5) is 5.69 Å². The molecule has 0 fully saturated rings. The summed E-state index contributed by atoms with van der Waals surface area (Å²) in [6.45, 7) is 9.30. The van der Waals surface area contributed by atoms with Crippen LogP contribution in [0.1, 0.15) is 37.5 Å². The number of anilines is 1. The maximum Gasteiger partial charge on any atom is 0.264 e. The third-order valence-electron chi connectivity index (χ3n) is 6.61. The lowest BCUT2D eigenvalue weighted by Crippen LogP contribution is -2.51. The number of amides is 2. The molecule has 3 rings (SSSR count). The fraction of sp³-hybridized carbons (Fsp3) is 0.333. The van der Waals surface area contributed by atoms with Crippen molar-refractivity contribution >= 4 is 50.7 Å². The molecule has 0 bridgehead atoms. The van der Waals surface area contributed by atoms with Crippen LogP contribution in [-0.4, -0.2) is 44.3 Å². The van der Waals surface area contributed by atoms with Gasteiger partial charge in [-0.3, -0.25) is 13.9 Å². The van der Waals surface area contributed by atoms with Crippen molar-refractivity contribution in [2.45, 2.75) is 52.1 Å². The average molecular weight is 605 g/mol. The van der Waals surface area contributed by atoms with E-state index in [1.165, 1.54) is 29.2 Å². The van der Waals surface area contributed by atoms with Gasteiger partial charge in [0.05, 0.1) is 10.6 Å². The highest BCUT2D eigenvalue weighted by molar-refractivity contribution is 7.92. The van der Waals surface area contributed by atoms with Gasteiger partial charge in [0, 0.05) is 23.1 Å². The van der Waals surface area contributed by atoms with Gasteiger partial charge in [0.2, 0.25) is 11.8 Å². The number of hydrogen-bond acceptors (Lipinski definition) is 4. The first kappa shape index (κ1) is 31.5. The van der Waals surface area contributed by atoms with Gasteiger partial charge in [0.15, 0.2) is 0 Å². The van der Waals surface area contributed by atoms with E-state index in [0.717, 1.165) is 15.4 Å². The van der Waals surface area contributed by atoms with Gasteiger partial charge in [0.1, 0.15) is 12.6 Å². The van der Waals surface area contributed by atoms with Crippen LogP contribution in [0.15, 0.2) is 71.6 Å². The number of sulfonamides is 1. The Kier molecular flexibility index (Phi) is 10.6. The monoisotopic (exact) mass is 603 g/mol. The highest BCUT2D eigenvalue weighted by Crippen LogP contribution is 2.27. The van der Waals surface area contributed by atoms with E-state index in [-0.39, 0.29) is 23.3 Å². The number of aryl methyl sites for hydroxylation is 2. The van der Waals surface area contributed by atoms with E-state index >= 15 is 0 Å². The molecule has 10 heteroatoms. The standard InChI is InChI=1S/C30H35Cl2N3O4S/c1-20(2)17-33-30(37)23(5)34(18-24-8-6-7-9-28(24)32)29(36)19-35(26-13-10-21(3)22(4)16-26)40(38,39)27-14-11-25(31)12-15-27/h6-16,20,23H,17-19H2,1-5H3,(H,33,37)/t23-/m1/s1. The second-order valence-corrected chi connectivity index (χ2v) is 12.9. The summed E-state index contributed by atoms with van der Waals surface area (Å²) in [5, 5.41) is 3.70. The van der Waals surface area contributed by atoms with Gasteiger partial charge in [-0.05, 0) is 85.8 Å². The van der Waals surface area contributed by atoms with Crippen LogP contribution >= 0.6 is 23.2 Å². The van der Waals surface area contributed by atoms with Gasteiger partial charge in [-0.1, -0.05) is 61.3 Å². The summed E-state index contributed by atoms with van der Waals surface area (Å²) in [6.07, 6.45) is 0. The minimum atomic E-state index is -4.18. The molecule has 0 spiro atoms. The zero-order valence-electron chi connectivity index (χ0n) is 23.3. The van der Waals surface area contributed by atoms with Crippen molar-refractivity contribution in [2.24, 2.45) is 5.92 Å². The Hall–Kier alpha value is -3.07. The summed E-state index contributed by atoms with van der Waals surface area (Å²) < 4.78 is 28.9. The van der Waals surface area contributed by atoms with Gasteiger partial charge < -0.3 is 10.2 Å². The third kappa shape index (κ3) is 7.77. The molecule has 0 saturated heterocycles. The molecule has 3 aromatic carbocycles. The Balaban J connectivity index is 2.05. The topological polar surface area (TPSA) is 86.8 Å². The average Bonchev–Trinajstić information content (AvgIpc) is 2.91. The molecule has 0 aliphatic rings. The minimum Gasteiger partial charge on any atom is -0.354 e. The molecule has 7 nitrogen and oxygen atoms in total. The number of benzene rings is 3. The van der Waals surface area contributed by atoms with Crippen LogP contribution in [0.2, 0.25) is 10.0 Å². The first-order valence-electron chi connectivity index (χ1n) is 13.0. The minimum absolute atomic E-state index is 0.0108. The number of halogens is 2. The van der Waals surface area contributed by atoms with Crippen LogP contribution in [0.3, 0.4) is 0 Å². The first-order chi connectivity index (χ1) is 18.8. The molecule has 214 valence electrons. The van der Waals surface area contributed by atoms with Crippen LogP contribution in [0.25, 0.3) is 0 Å². The van der Waals surface area contributed by atoms with Gasteiger partial charge in [-0.2, -0.15) is 0 Å². The van der Waals surface area contributed by atoms with Crippen molar-refractivity contribution in [2.75, 3.05) is 17.4 Å². The number of hydrogen-bond donors (Lipinski definition) is 1. The van der Waals surface area contributed by atoms with E-state index in [4.69, 9.17) is 23.2 Å². The predicted molar refractivity (Wildman–Crippen MR) is 161 cm³/mol. The highest BCUT2D eigenvalue weighted by atomic mass is 35.5. The normalized spacial score (nSPS) is 12.2. The number of carbonyl (C=O) groups excluding carboxylic acids is 2. The summed E-state index contributed by atoms with van der Waals surface area (Å²) in [5.41, 5.74) is 2.82. The zero-order chi connectivity index (χ0) is 29.6. The molecule has 0 aliphatic heterocycles. The summed E-state index contributed by atoms with van der Waals surface area (Å²) in [6, 6.07) is 17.1. The second-order valence-electron chi connectivity index (χ2n) is 10.2.